The predicted molar refractivity (Wildman–Crippen MR) is 63.9 cm³/mol. The number of aromatic nitrogens is 2. The Morgan fingerprint density at radius 1 is 1.56 bits per heavy atom. The number of benzene rings is 1. The van der Waals surface area contributed by atoms with Gasteiger partial charge in [-0.3, -0.25) is 0 Å². The molecule has 0 aliphatic heterocycles. The molecule has 2 N–H and O–H groups in total. The van der Waals surface area contributed by atoms with E-state index in [2.05, 4.69) is 10.3 Å². The lowest BCUT2D eigenvalue weighted by atomic mass is 10.2. The highest BCUT2D eigenvalue weighted by atomic mass is 19.1. The van der Waals surface area contributed by atoms with E-state index in [9.17, 15) is 9.18 Å². The molecule has 2 rings (SSSR count). The van der Waals surface area contributed by atoms with E-state index in [1.54, 1.807) is 12.5 Å². The third kappa shape index (κ3) is 2.48. The molecule has 0 amide bonds. The molecule has 94 valence electrons. The number of aromatic carboxylic acids is 1. The van der Waals surface area contributed by atoms with Crippen molar-refractivity contribution in [3.05, 3.63) is 47.8 Å². The lowest BCUT2D eigenvalue weighted by molar-refractivity contribution is 0.0692. The number of aryl methyl sites for hydroxylation is 1. The summed E-state index contributed by atoms with van der Waals surface area (Å²) in [5.41, 5.74) is 1.15. The van der Waals surface area contributed by atoms with Crippen LogP contribution in [0.25, 0.3) is 0 Å². The fraction of sp³-hybridized carbons (Fsp3) is 0.167. The van der Waals surface area contributed by atoms with Gasteiger partial charge in [-0.25, -0.2) is 14.2 Å². The molecule has 18 heavy (non-hydrogen) atoms. The average Bonchev–Trinajstić information content (AvgIpc) is 2.73. The Balaban J connectivity index is 2.13. The number of nitrogens with zero attached hydrogens (tertiary/aromatic N) is 2. The summed E-state index contributed by atoms with van der Waals surface area (Å²) < 4.78 is 15.0. The molecule has 2 aromatic rings. The summed E-state index contributed by atoms with van der Waals surface area (Å²) in [6.07, 6.45) is 3.37. The van der Waals surface area contributed by atoms with E-state index < -0.39 is 11.8 Å². The van der Waals surface area contributed by atoms with Gasteiger partial charge in [0.1, 0.15) is 5.82 Å². The Labute approximate surface area is 103 Å². The first-order chi connectivity index (χ1) is 8.58. The van der Waals surface area contributed by atoms with Crippen LogP contribution in [0.5, 0.6) is 0 Å². The van der Waals surface area contributed by atoms with Gasteiger partial charge in [-0.05, 0) is 18.2 Å². The van der Waals surface area contributed by atoms with E-state index in [-0.39, 0.29) is 5.56 Å². The first-order valence-electron chi connectivity index (χ1n) is 5.30. The molecular weight excluding hydrogens is 237 g/mol. The van der Waals surface area contributed by atoms with E-state index >= 15 is 0 Å². The van der Waals surface area contributed by atoms with Crippen LogP contribution in [0.2, 0.25) is 0 Å². The first kappa shape index (κ1) is 12.1. The third-order valence-electron chi connectivity index (χ3n) is 2.59. The molecule has 0 aliphatic rings. The lowest BCUT2D eigenvalue weighted by Crippen LogP contribution is -2.06. The van der Waals surface area contributed by atoms with Crippen molar-refractivity contribution in [3.63, 3.8) is 0 Å². The summed E-state index contributed by atoms with van der Waals surface area (Å²) in [7, 11) is 1.86. The standard InChI is InChI=1S/C12H12FN3O2/c1-16-7-14-5-9(16)6-15-8-2-3-11(13)10(4-8)12(17)18/h2-5,7,15H,6H2,1H3,(H,17,18). The van der Waals surface area contributed by atoms with Crippen LogP contribution in [0.15, 0.2) is 30.7 Å². The number of imidazole rings is 1. The van der Waals surface area contributed by atoms with Gasteiger partial charge in [-0.1, -0.05) is 0 Å². The van der Waals surface area contributed by atoms with Gasteiger partial charge in [0.05, 0.1) is 24.1 Å². The monoisotopic (exact) mass is 249 g/mol. The van der Waals surface area contributed by atoms with Gasteiger partial charge in [0.15, 0.2) is 0 Å². The van der Waals surface area contributed by atoms with Gasteiger partial charge in [0, 0.05) is 18.9 Å². The normalized spacial score (nSPS) is 10.3. The number of hydrogen-bond acceptors (Lipinski definition) is 3. The fourth-order valence-electron chi connectivity index (χ4n) is 1.55. The summed E-state index contributed by atoms with van der Waals surface area (Å²) >= 11 is 0. The molecule has 1 heterocycles. The van der Waals surface area contributed by atoms with Crippen LogP contribution in [0, 0.1) is 5.82 Å². The van der Waals surface area contributed by atoms with E-state index in [1.165, 1.54) is 12.1 Å². The second kappa shape index (κ2) is 4.87. The Morgan fingerprint density at radius 2 is 2.33 bits per heavy atom. The average molecular weight is 249 g/mol. The largest absolute Gasteiger partial charge is 0.478 e. The van der Waals surface area contributed by atoms with Crippen LogP contribution in [0.3, 0.4) is 0 Å². The maximum absolute atomic E-state index is 13.2. The lowest BCUT2D eigenvalue weighted by Gasteiger charge is -2.08. The molecule has 0 radical (unpaired) electrons. The second-order valence-electron chi connectivity index (χ2n) is 3.85. The highest BCUT2D eigenvalue weighted by Crippen LogP contribution is 2.15. The molecular formula is C12H12FN3O2. The van der Waals surface area contributed by atoms with E-state index in [0.717, 1.165) is 11.8 Å². The Kier molecular flexibility index (Phi) is 3.27. The van der Waals surface area contributed by atoms with E-state index in [0.29, 0.717) is 12.2 Å². The van der Waals surface area contributed by atoms with Gasteiger partial charge in [0.25, 0.3) is 0 Å². The smallest absolute Gasteiger partial charge is 0.338 e. The highest BCUT2D eigenvalue weighted by Gasteiger charge is 2.10. The molecule has 0 fully saturated rings. The highest BCUT2D eigenvalue weighted by molar-refractivity contribution is 5.89. The SMILES string of the molecule is Cn1cncc1CNc1ccc(F)c(C(=O)O)c1. The van der Waals surface area contributed by atoms with Crippen LogP contribution in [0.1, 0.15) is 16.1 Å². The van der Waals surface area contributed by atoms with Gasteiger partial charge < -0.3 is 15.0 Å². The third-order valence-corrected chi connectivity index (χ3v) is 2.59. The summed E-state index contributed by atoms with van der Waals surface area (Å²) in [6, 6.07) is 3.90. The molecule has 0 unspecified atom stereocenters. The second-order valence-corrected chi connectivity index (χ2v) is 3.85. The zero-order valence-electron chi connectivity index (χ0n) is 9.72. The van der Waals surface area contributed by atoms with Crippen molar-refractivity contribution in [3.8, 4) is 0 Å². The minimum atomic E-state index is -1.28. The first-order valence-corrected chi connectivity index (χ1v) is 5.30. The van der Waals surface area contributed by atoms with Crippen LogP contribution < -0.4 is 5.32 Å². The van der Waals surface area contributed by atoms with Crippen molar-refractivity contribution >= 4 is 11.7 Å². The summed E-state index contributed by atoms with van der Waals surface area (Å²) in [5.74, 6) is -2.02. The molecule has 0 aliphatic carbocycles. The van der Waals surface area contributed by atoms with Gasteiger partial charge >= 0.3 is 5.97 Å². The van der Waals surface area contributed by atoms with Gasteiger partial charge in [-0.15, -0.1) is 0 Å². The molecule has 0 bridgehead atoms. The Bertz CT molecular complexity index is 580. The molecule has 0 spiro atoms. The zero-order valence-corrected chi connectivity index (χ0v) is 9.72. The Hall–Kier alpha value is -2.37. The van der Waals surface area contributed by atoms with Gasteiger partial charge in [-0.2, -0.15) is 0 Å². The molecule has 6 heteroatoms. The minimum absolute atomic E-state index is 0.343. The van der Waals surface area contributed by atoms with Crippen molar-refractivity contribution in [2.24, 2.45) is 7.05 Å². The maximum atomic E-state index is 13.2. The topological polar surface area (TPSA) is 67.2 Å². The van der Waals surface area contributed by atoms with Crippen molar-refractivity contribution < 1.29 is 14.3 Å². The maximum Gasteiger partial charge on any atom is 0.338 e. The van der Waals surface area contributed by atoms with Crippen LogP contribution in [-0.2, 0) is 13.6 Å². The predicted octanol–water partition coefficient (Wildman–Crippen LogP) is 1.87. The molecule has 1 aromatic carbocycles. The van der Waals surface area contributed by atoms with Crippen LogP contribution >= 0.6 is 0 Å². The summed E-state index contributed by atoms with van der Waals surface area (Å²) in [4.78, 5) is 14.7. The molecule has 5 nitrogen and oxygen atoms in total. The minimum Gasteiger partial charge on any atom is -0.478 e. The number of hydrogen-bond donors (Lipinski definition) is 2. The van der Waals surface area contributed by atoms with Crippen LogP contribution in [-0.4, -0.2) is 20.6 Å². The van der Waals surface area contributed by atoms with Crippen molar-refractivity contribution in [2.75, 3.05) is 5.32 Å². The summed E-state index contributed by atoms with van der Waals surface area (Å²) in [6.45, 7) is 0.487. The number of nitrogens with one attached hydrogen (secondary N) is 1. The van der Waals surface area contributed by atoms with Crippen molar-refractivity contribution in [1.29, 1.82) is 0 Å². The molecule has 0 saturated heterocycles. The summed E-state index contributed by atoms with van der Waals surface area (Å²) in [5, 5.41) is 11.8. The van der Waals surface area contributed by atoms with Gasteiger partial charge in [0.2, 0.25) is 0 Å². The number of carboxylic acids is 1. The number of carboxylic acid groups (broad SMARTS) is 1. The molecule has 0 atom stereocenters. The van der Waals surface area contributed by atoms with E-state index in [4.69, 9.17) is 5.11 Å². The molecule has 1 aromatic heterocycles. The van der Waals surface area contributed by atoms with Crippen molar-refractivity contribution in [1.82, 2.24) is 9.55 Å². The fourth-order valence-corrected chi connectivity index (χ4v) is 1.55. The van der Waals surface area contributed by atoms with Crippen LogP contribution in [0.4, 0.5) is 10.1 Å². The molecule has 0 saturated carbocycles. The number of halogens is 1. The zero-order chi connectivity index (χ0) is 13.1. The number of anilines is 1. The number of rotatable bonds is 4. The Morgan fingerprint density at radius 3 is 2.94 bits per heavy atom. The quantitative estimate of drug-likeness (QED) is 0.868. The number of carbonyl (C=O) groups is 1. The van der Waals surface area contributed by atoms with Crippen molar-refractivity contribution in [2.45, 2.75) is 6.54 Å². The van der Waals surface area contributed by atoms with E-state index in [1.807, 2.05) is 11.6 Å².